The van der Waals surface area contributed by atoms with Crippen molar-refractivity contribution in [3.05, 3.63) is 0 Å². The van der Waals surface area contributed by atoms with Gasteiger partial charge in [0.2, 0.25) is 0 Å². The maximum atomic E-state index is 2.98. The standard InChI is InChI=1S/C18H40N2Si2/c1-14(2)19(17-10-6-7-11-17)21-16(5)22-20(15(3)4)18-12-8-9-13-18/h14-18H,6-13,21-22H2,1-5H3. The summed E-state index contributed by atoms with van der Waals surface area (Å²) in [5, 5.41) is 1.06. The third kappa shape index (κ3) is 5.18. The summed E-state index contributed by atoms with van der Waals surface area (Å²) in [5.74, 6) is 0. The molecule has 2 aliphatic carbocycles. The minimum Gasteiger partial charge on any atom is -0.324 e. The Labute approximate surface area is 144 Å². The van der Waals surface area contributed by atoms with Crippen LogP contribution in [0.3, 0.4) is 0 Å². The highest BCUT2D eigenvalue weighted by Gasteiger charge is 2.29. The molecule has 0 aliphatic heterocycles. The van der Waals surface area contributed by atoms with E-state index in [9.17, 15) is 0 Å². The molecule has 2 saturated carbocycles. The summed E-state index contributed by atoms with van der Waals surface area (Å²) in [7, 11) is -0.151. The molecule has 0 unspecified atom stereocenters. The van der Waals surface area contributed by atoms with E-state index < -0.39 is 0 Å². The number of hydrogen-bond acceptors (Lipinski definition) is 2. The van der Waals surface area contributed by atoms with E-state index in [2.05, 4.69) is 43.7 Å². The Morgan fingerprint density at radius 1 is 0.636 bits per heavy atom. The second-order valence-electron chi connectivity index (χ2n) is 8.56. The van der Waals surface area contributed by atoms with Crippen LogP contribution in [-0.2, 0) is 0 Å². The van der Waals surface area contributed by atoms with Crippen molar-refractivity contribution in [2.75, 3.05) is 0 Å². The van der Waals surface area contributed by atoms with Crippen molar-refractivity contribution in [1.82, 2.24) is 9.13 Å². The van der Waals surface area contributed by atoms with Crippen LogP contribution in [0.1, 0.15) is 86.0 Å². The van der Waals surface area contributed by atoms with Crippen LogP contribution in [0.15, 0.2) is 0 Å². The van der Waals surface area contributed by atoms with Crippen LogP contribution in [-0.4, -0.2) is 52.7 Å². The highest BCUT2D eigenvalue weighted by atomic mass is 28.3. The van der Waals surface area contributed by atoms with Crippen molar-refractivity contribution in [2.24, 2.45) is 0 Å². The maximum absolute atomic E-state index is 2.98. The molecule has 0 atom stereocenters. The van der Waals surface area contributed by atoms with Crippen molar-refractivity contribution < 1.29 is 0 Å². The second-order valence-corrected chi connectivity index (χ2v) is 14.7. The van der Waals surface area contributed by atoms with E-state index in [1.54, 1.807) is 0 Å². The Hall–Kier alpha value is 0.354. The smallest absolute Gasteiger partial charge is 0.0966 e. The molecule has 130 valence electrons. The van der Waals surface area contributed by atoms with Gasteiger partial charge in [0.15, 0.2) is 0 Å². The van der Waals surface area contributed by atoms with Crippen LogP contribution < -0.4 is 0 Å². The molecule has 0 aromatic carbocycles. The van der Waals surface area contributed by atoms with E-state index in [1.165, 1.54) is 51.4 Å². The van der Waals surface area contributed by atoms with Gasteiger partial charge in [0, 0.05) is 12.1 Å². The van der Waals surface area contributed by atoms with E-state index in [0.29, 0.717) is 0 Å². The van der Waals surface area contributed by atoms with Crippen molar-refractivity contribution >= 4 is 19.4 Å². The first-order valence-corrected chi connectivity index (χ1v) is 12.9. The van der Waals surface area contributed by atoms with Crippen molar-refractivity contribution in [3.8, 4) is 0 Å². The zero-order valence-electron chi connectivity index (χ0n) is 15.9. The average molecular weight is 341 g/mol. The van der Waals surface area contributed by atoms with Gasteiger partial charge in [-0.05, 0) is 42.9 Å². The number of hydrogen-bond donors (Lipinski definition) is 0. The first-order valence-electron chi connectivity index (χ1n) is 10.0. The Morgan fingerprint density at radius 3 is 1.23 bits per heavy atom. The van der Waals surface area contributed by atoms with Crippen LogP contribution in [0.5, 0.6) is 0 Å². The molecule has 2 fully saturated rings. The maximum Gasteiger partial charge on any atom is 0.0966 e. The normalized spacial score (nSPS) is 23.9. The summed E-state index contributed by atoms with van der Waals surface area (Å²) in [5.41, 5.74) is 0. The fourth-order valence-electron chi connectivity index (χ4n) is 4.81. The van der Waals surface area contributed by atoms with E-state index in [0.717, 1.165) is 29.3 Å². The molecule has 0 spiro atoms. The molecule has 2 nitrogen and oxygen atoms in total. The Morgan fingerprint density at radius 2 is 0.955 bits per heavy atom. The van der Waals surface area contributed by atoms with Gasteiger partial charge in [-0.1, -0.05) is 60.3 Å². The van der Waals surface area contributed by atoms with Gasteiger partial charge in [0.25, 0.3) is 0 Å². The van der Waals surface area contributed by atoms with Crippen LogP contribution in [0.25, 0.3) is 0 Å². The van der Waals surface area contributed by atoms with Crippen molar-refractivity contribution in [3.63, 3.8) is 0 Å². The lowest BCUT2D eigenvalue weighted by atomic mass is 10.2. The number of rotatable bonds is 8. The fourth-order valence-corrected chi connectivity index (χ4v) is 10.7. The predicted octanol–water partition coefficient (Wildman–Crippen LogP) is 3.23. The lowest BCUT2D eigenvalue weighted by Gasteiger charge is -2.38. The zero-order chi connectivity index (χ0) is 16.1. The van der Waals surface area contributed by atoms with Gasteiger partial charge < -0.3 is 9.13 Å². The third-order valence-electron chi connectivity index (χ3n) is 5.96. The molecule has 0 amide bonds. The summed E-state index contributed by atoms with van der Waals surface area (Å²) >= 11 is 0. The Balaban J connectivity index is 1.89. The SMILES string of the molecule is CC([SiH2]N(C(C)C)C1CCCC1)[SiH2]N(C(C)C)C1CCCC1. The molecule has 0 N–H and O–H groups in total. The van der Waals surface area contributed by atoms with Gasteiger partial charge in [-0.15, -0.1) is 0 Å². The van der Waals surface area contributed by atoms with Crippen molar-refractivity contribution in [2.45, 2.75) is 115 Å². The molecule has 2 aliphatic rings. The molecule has 4 heteroatoms. The topological polar surface area (TPSA) is 6.48 Å². The predicted molar refractivity (Wildman–Crippen MR) is 105 cm³/mol. The highest BCUT2D eigenvalue weighted by Crippen LogP contribution is 2.28. The van der Waals surface area contributed by atoms with Crippen LogP contribution in [0.2, 0.25) is 5.16 Å². The Kier molecular flexibility index (Phi) is 7.64. The van der Waals surface area contributed by atoms with Gasteiger partial charge in [-0.3, -0.25) is 0 Å². The van der Waals surface area contributed by atoms with Gasteiger partial charge in [0.1, 0.15) is 0 Å². The number of nitrogens with zero attached hydrogens (tertiary/aromatic N) is 2. The van der Waals surface area contributed by atoms with Crippen LogP contribution >= 0.6 is 0 Å². The molecule has 22 heavy (non-hydrogen) atoms. The monoisotopic (exact) mass is 340 g/mol. The molecule has 0 aromatic rings. The highest BCUT2D eigenvalue weighted by molar-refractivity contribution is 6.55. The molecule has 0 heterocycles. The van der Waals surface area contributed by atoms with Crippen LogP contribution in [0, 0.1) is 0 Å². The molecule has 2 rings (SSSR count). The fraction of sp³-hybridized carbons (Fsp3) is 1.00. The minimum absolute atomic E-state index is 0.0755. The molecular weight excluding hydrogens is 300 g/mol. The average Bonchev–Trinajstić information content (AvgIpc) is 3.14. The molecule has 0 bridgehead atoms. The van der Waals surface area contributed by atoms with Crippen molar-refractivity contribution in [1.29, 1.82) is 0 Å². The quantitative estimate of drug-likeness (QED) is 0.626. The van der Waals surface area contributed by atoms with Gasteiger partial charge >= 0.3 is 0 Å². The largest absolute Gasteiger partial charge is 0.324 e. The summed E-state index contributed by atoms with van der Waals surface area (Å²) in [6, 6.07) is 3.46. The molecule has 0 aromatic heterocycles. The first-order chi connectivity index (χ1) is 10.5. The first kappa shape index (κ1) is 18.7. The van der Waals surface area contributed by atoms with Gasteiger partial charge in [-0.25, -0.2) is 0 Å². The molecule has 0 saturated heterocycles. The lowest BCUT2D eigenvalue weighted by Crippen LogP contribution is -2.48. The summed E-state index contributed by atoms with van der Waals surface area (Å²) < 4.78 is 5.97. The molecule has 0 radical (unpaired) electrons. The lowest BCUT2D eigenvalue weighted by molar-refractivity contribution is 0.273. The third-order valence-corrected chi connectivity index (χ3v) is 12.1. The molecular formula is C18H40N2Si2. The van der Waals surface area contributed by atoms with E-state index in [1.807, 2.05) is 0 Å². The van der Waals surface area contributed by atoms with Crippen LogP contribution in [0.4, 0.5) is 0 Å². The summed E-state index contributed by atoms with van der Waals surface area (Å²) in [6.45, 7) is 12.4. The minimum atomic E-state index is -0.0755. The Bertz CT molecular complexity index is 280. The van der Waals surface area contributed by atoms with E-state index in [4.69, 9.17) is 0 Å². The summed E-state index contributed by atoms with van der Waals surface area (Å²) in [6.07, 6.45) is 11.9. The van der Waals surface area contributed by atoms with E-state index in [-0.39, 0.29) is 19.4 Å². The van der Waals surface area contributed by atoms with Gasteiger partial charge in [-0.2, -0.15) is 0 Å². The zero-order valence-corrected chi connectivity index (χ0v) is 18.7. The van der Waals surface area contributed by atoms with Gasteiger partial charge in [0.05, 0.1) is 19.4 Å². The van der Waals surface area contributed by atoms with E-state index >= 15 is 0 Å². The second kappa shape index (κ2) is 9.00. The summed E-state index contributed by atoms with van der Waals surface area (Å²) in [4.78, 5) is 0.